The Morgan fingerprint density at radius 2 is 1.88 bits per heavy atom. The minimum Gasteiger partial charge on any atom is -0.451 e. The molecule has 0 aliphatic carbocycles. The Hall–Kier alpha value is -3.15. The monoisotopic (exact) mass is 351 g/mol. The molecule has 3 rings (SSSR count). The van der Waals surface area contributed by atoms with Crippen molar-refractivity contribution in [2.45, 2.75) is 20.3 Å². The molecule has 0 bridgehead atoms. The number of ether oxygens (including phenoxy) is 1. The lowest BCUT2D eigenvalue weighted by molar-refractivity contribution is -0.442. The van der Waals surface area contributed by atoms with Crippen LogP contribution in [-0.4, -0.2) is 46.0 Å². The number of aryl methyl sites for hydroxylation is 1. The number of fused-ring (bicyclic) bond motifs is 1. The molecule has 0 saturated heterocycles. The summed E-state index contributed by atoms with van der Waals surface area (Å²) in [6.07, 6.45) is -0.0655. The predicted molar refractivity (Wildman–Crippen MR) is 95.1 cm³/mol. The van der Waals surface area contributed by atoms with Crippen molar-refractivity contribution in [2.75, 3.05) is 13.2 Å². The van der Waals surface area contributed by atoms with Gasteiger partial charge in [-0.05, 0) is 24.0 Å². The third-order valence-electron chi connectivity index (χ3n) is 4.21. The molecular weight excluding hydrogens is 332 g/mol. The summed E-state index contributed by atoms with van der Waals surface area (Å²) >= 11 is 0. The smallest absolute Gasteiger partial charge is 0.374 e. The van der Waals surface area contributed by atoms with E-state index in [-0.39, 0.29) is 30.3 Å². The first kappa shape index (κ1) is 17.7. The summed E-state index contributed by atoms with van der Waals surface area (Å²) in [6, 6.07) is 12.1. The van der Waals surface area contributed by atoms with Crippen molar-refractivity contribution in [3.8, 4) is 0 Å². The summed E-state index contributed by atoms with van der Waals surface area (Å²) in [5.74, 6) is -0.679. The average Bonchev–Trinajstić information content (AvgIpc) is 2.66. The maximum absolute atomic E-state index is 12.5. The molecule has 1 aromatic heterocycles. The van der Waals surface area contributed by atoms with Gasteiger partial charge in [-0.15, -0.1) is 0 Å². The number of ketones is 2. The zero-order chi connectivity index (χ0) is 18.7. The SMILES string of the molecule is CC[N+]1=C(C(=O)OCC(=O)c2ccccc2)CC(=O)c2ccc(C)nc21. The van der Waals surface area contributed by atoms with Gasteiger partial charge in [-0.3, -0.25) is 9.59 Å². The normalized spacial score (nSPS) is 13.4. The Morgan fingerprint density at radius 1 is 1.15 bits per heavy atom. The van der Waals surface area contributed by atoms with Crippen LogP contribution < -0.4 is 0 Å². The second kappa shape index (κ2) is 7.39. The molecule has 6 nitrogen and oxygen atoms in total. The topological polar surface area (TPSA) is 76.3 Å². The lowest BCUT2D eigenvalue weighted by Crippen LogP contribution is -2.35. The molecule has 1 aliphatic rings. The maximum atomic E-state index is 12.5. The highest BCUT2D eigenvalue weighted by molar-refractivity contribution is 6.40. The Labute approximate surface area is 151 Å². The second-order valence-corrected chi connectivity index (χ2v) is 5.98. The average molecular weight is 351 g/mol. The third-order valence-corrected chi connectivity index (χ3v) is 4.21. The van der Waals surface area contributed by atoms with Crippen LogP contribution in [0.4, 0.5) is 5.82 Å². The van der Waals surface area contributed by atoms with E-state index in [9.17, 15) is 14.4 Å². The molecule has 0 fully saturated rings. The number of aromatic nitrogens is 1. The molecule has 6 heteroatoms. The van der Waals surface area contributed by atoms with Gasteiger partial charge >= 0.3 is 11.8 Å². The van der Waals surface area contributed by atoms with Gasteiger partial charge < -0.3 is 4.74 Å². The molecule has 0 N–H and O–H groups in total. The molecule has 1 aromatic carbocycles. The first-order valence-corrected chi connectivity index (χ1v) is 8.40. The van der Waals surface area contributed by atoms with Gasteiger partial charge in [0.2, 0.25) is 0 Å². The van der Waals surface area contributed by atoms with E-state index < -0.39 is 5.97 Å². The van der Waals surface area contributed by atoms with Crippen LogP contribution in [0.25, 0.3) is 0 Å². The number of carbonyl (C=O) groups excluding carboxylic acids is 3. The molecule has 1 aliphatic heterocycles. The molecule has 26 heavy (non-hydrogen) atoms. The summed E-state index contributed by atoms with van der Waals surface area (Å²) in [4.78, 5) is 41.4. The zero-order valence-corrected chi connectivity index (χ0v) is 14.7. The summed E-state index contributed by atoms with van der Waals surface area (Å²) in [7, 11) is 0. The molecule has 0 spiro atoms. The van der Waals surface area contributed by atoms with E-state index in [1.54, 1.807) is 47.0 Å². The van der Waals surface area contributed by atoms with Gasteiger partial charge in [0, 0.05) is 12.5 Å². The highest BCUT2D eigenvalue weighted by Crippen LogP contribution is 2.24. The maximum Gasteiger partial charge on any atom is 0.374 e. The summed E-state index contributed by atoms with van der Waals surface area (Å²) in [5, 5.41) is 0. The summed E-state index contributed by atoms with van der Waals surface area (Å²) < 4.78 is 6.86. The highest BCUT2D eigenvalue weighted by Gasteiger charge is 2.36. The Kier molecular flexibility index (Phi) is 5.02. The van der Waals surface area contributed by atoms with Crippen LogP contribution in [0.15, 0.2) is 42.5 Å². The van der Waals surface area contributed by atoms with E-state index in [4.69, 9.17) is 4.74 Å². The van der Waals surface area contributed by atoms with Crippen LogP contribution in [0, 0.1) is 6.92 Å². The fourth-order valence-corrected chi connectivity index (χ4v) is 2.88. The van der Waals surface area contributed by atoms with E-state index in [0.717, 1.165) is 5.69 Å². The van der Waals surface area contributed by atoms with E-state index in [0.29, 0.717) is 23.5 Å². The van der Waals surface area contributed by atoms with Crippen molar-refractivity contribution in [3.05, 3.63) is 59.3 Å². The second-order valence-electron chi connectivity index (χ2n) is 5.98. The lowest BCUT2D eigenvalue weighted by Gasteiger charge is -2.16. The summed E-state index contributed by atoms with van der Waals surface area (Å²) in [6.45, 7) is 3.79. The summed E-state index contributed by atoms with van der Waals surface area (Å²) in [5.41, 5.74) is 1.93. The molecule has 0 atom stereocenters. The molecule has 2 heterocycles. The molecule has 0 saturated carbocycles. The van der Waals surface area contributed by atoms with Crippen LogP contribution in [0.5, 0.6) is 0 Å². The van der Waals surface area contributed by atoms with Crippen molar-refractivity contribution >= 4 is 29.1 Å². The van der Waals surface area contributed by atoms with Gasteiger partial charge in [-0.25, -0.2) is 9.37 Å². The number of nitrogens with zero attached hydrogens (tertiary/aromatic N) is 2. The van der Waals surface area contributed by atoms with Crippen LogP contribution in [0.2, 0.25) is 0 Å². The van der Waals surface area contributed by atoms with Gasteiger partial charge in [-0.2, -0.15) is 0 Å². The van der Waals surface area contributed by atoms with E-state index in [1.807, 2.05) is 13.8 Å². The zero-order valence-electron chi connectivity index (χ0n) is 14.7. The first-order chi connectivity index (χ1) is 12.5. The van der Waals surface area contributed by atoms with E-state index in [2.05, 4.69) is 4.98 Å². The Bertz CT molecular complexity index is 917. The third kappa shape index (κ3) is 3.44. The van der Waals surface area contributed by atoms with Gasteiger partial charge in [0.05, 0.1) is 13.0 Å². The number of pyridine rings is 1. The van der Waals surface area contributed by atoms with Crippen molar-refractivity contribution in [3.63, 3.8) is 0 Å². The largest absolute Gasteiger partial charge is 0.451 e. The fourth-order valence-electron chi connectivity index (χ4n) is 2.88. The standard InChI is InChI=1S/C20H19N2O4/c1-3-22-16(11-17(23)15-10-9-13(2)21-19(15)22)20(25)26-12-18(24)14-7-5-4-6-8-14/h4-10H,3,11-12H2,1-2H3/q+1. The number of esters is 1. The Balaban J connectivity index is 1.83. The van der Waals surface area contributed by atoms with Gasteiger partial charge in [0.25, 0.3) is 0 Å². The molecule has 132 valence electrons. The quantitative estimate of drug-likeness (QED) is 0.470. The van der Waals surface area contributed by atoms with E-state index >= 15 is 0 Å². The van der Waals surface area contributed by atoms with Gasteiger partial charge in [0.1, 0.15) is 11.3 Å². The fraction of sp³-hybridized carbons (Fsp3) is 0.250. The van der Waals surface area contributed by atoms with Crippen LogP contribution in [0.1, 0.15) is 39.8 Å². The number of carbonyl (C=O) groups is 3. The number of hydrogen-bond donors (Lipinski definition) is 0. The lowest BCUT2D eigenvalue weighted by atomic mass is 10.0. The molecule has 0 radical (unpaired) electrons. The highest BCUT2D eigenvalue weighted by atomic mass is 16.5. The van der Waals surface area contributed by atoms with Crippen LogP contribution >= 0.6 is 0 Å². The van der Waals surface area contributed by atoms with Crippen LogP contribution in [0.3, 0.4) is 0 Å². The van der Waals surface area contributed by atoms with Crippen LogP contribution in [-0.2, 0) is 9.53 Å². The van der Waals surface area contributed by atoms with Gasteiger partial charge in [0.15, 0.2) is 23.9 Å². The van der Waals surface area contributed by atoms with Crippen molar-refractivity contribution in [1.29, 1.82) is 0 Å². The molecular formula is C20H19N2O4+. The molecule has 0 amide bonds. The predicted octanol–water partition coefficient (Wildman–Crippen LogP) is 2.51. The van der Waals surface area contributed by atoms with Crippen molar-refractivity contribution in [2.24, 2.45) is 0 Å². The molecule has 2 aromatic rings. The Morgan fingerprint density at radius 3 is 2.58 bits per heavy atom. The number of benzene rings is 1. The minimum atomic E-state index is -0.668. The number of rotatable bonds is 5. The van der Waals surface area contributed by atoms with Crippen molar-refractivity contribution in [1.82, 2.24) is 4.98 Å². The number of Topliss-reactive ketones (excluding diaryl/α,β-unsaturated/α-hetero) is 2. The minimum absolute atomic E-state index is 0.0655. The van der Waals surface area contributed by atoms with E-state index in [1.165, 1.54) is 0 Å². The van der Waals surface area contributed by atoms with Crippen molar-refractivity contribution < 1.29 is 23.7 Å². The number of hydrogen-bond acceptors (Lipinski definition) is 5. The molecule has 0 unspecified atom stereocenters. The first-order valence-electron chi connectivity index (χ1n) is 8.40. The van der Waals surface area contributed by atoms with Gasteiger partial charge in [-0.1, -0.05) is 30.3 Å².